The van der Waals surface area contributed by atoms with Crippen LogP contribution in [0.5, 0.6) is 11.5 Å². The van der Waals surface area contributed by atoms with Gasteiger partial charge in [0.1, 0.15) is 29.2 Å². The lowest BCUT2D eigenvalue weighted by Crippen LogP contribution is -2.59. The van der Waals surface area contributed by atoms with Crippen LogP contribution in [-0.2, 0) is 65.6 Å². The molecular formula is C93H118N8O15S2. The molecule has 0 aromatic heterocycles. The fraction of sp³-hybridized carbons (Fsp3) is 0.452. The molecule has 118 heavy (non-hydrogen) atoms. The maximum Gasteiger partial charge on any atom is 0.411 e. The molecule has 25 heteroatoms. The molecule has 3 heterocycles. The molecule has 13 rings (SSSR count). The normalized spacial score (nSPS) is 20.6. The van der Waals surface area contributed by atoms with Gasteiger partial charge in [0.2, 0.25) is 11.8 Å². The molecule has 10 atom stereocenters. The van der Waals surface area contributed by atoms with Crippen LogP contribution in [0.3, 0.4) is 0 Å². The molecule has 0 radical (unpaired) electrons. The summed E-state index contributed by atoms with van der Waals surface area (Å²) in [5.74, 6) is -3.98. The van der Waals surface area contributed by atoms with Crippen LogP contribution in [0, 0.1) is 25.2 Å². The van der Waals surface area contributed by atoms with Crippen LogP contribution in [0.2, 0.25) is 0 Å². The number of fused-ring (bicyclic) bond motifs is 3. The lowest BCUT2D eigenvalue weighted by Gasteiger charge is -2.35. The summed E-state index contributed by atoms with van der Waals surface area (Å²) in [6.07, 6.45) is 9.18. The Bertz CT molecular complexity index is 4670. The Kier molecular flexibility index (Phi) is 32.0. The van der Waals surface area contributed by atoms with Gasteiger partial charge in [0, 0.05) is 50.8 Å². The van der Waals surface area contributed by atoms with Gasteiger partial charge in [-0.25, -0.2) is 9.59 Å². The lowest BCUT2D eigenvalue weighted by molar-refractivity contribution is -0.147. The zero-order valence-electron chi connectivity index (χ0n) is 70.1. The number of amides is 6. The monoisotopic (exact) mass is 1650 g/mol. The molecule has 6 aliphatic rings. The minimum Gasteiger partial charge on any atom is -0.508 e. The molecule has 0 spiro atoms. The second kappa shape index (κ2) is 41.1. The molecule has 3 saturated heterocycles. The number of thioether (sulfide) groups is 2. The minimum atomic E-state index is -1.61. The van der Waals surface area contributed by atoms with Crippen molar-refractivity contribution >= 4 is 77.1 Å². The number of aliphatic hydroxyl groups excluding tert-OH is 1. The van der Waals surface area contributed by atoms with Crippen molar-refractivity contribution in [3.05, 3.63) is 237 Å². The van der Waals surface area contributed by atoms with Crippen molar-refractivity contribution < 1.29 is 73.1 Å². The third-order valence-corrected chi connectivity index (χ3v) is 25.4. The summed E-state index contributed by atoms with van der Waals surface area (Å²) in [4.78, 5) is 115. The number of ether oxygens (including phenoxy) is 2. The van der Waals surface area contributed by atoms with Crippen LogP contribution < -0.4 is 37.1 Å². The number of aromatic hydroxyl groups is 1. The highest BCUT2D eigenvalue weighted by atomic mass is 32.2. The minimum absolute atomic E-state index is 0.0188. The van der Waals surface area contributed by atoms with Crippen LogP contribution in [-0.4, -0.2) is 153 Å². The first-order valence-corrected chi connectivity index (χ1v) is 42.6. The first kappa shape index (κ1) is 91.8. The largest absolute Gasteiger partial charge is 0.508 e. The molecule has 23 nitrogen and oxygen atoms in total. The number of aliphatic carboxylic acids is 2. The van der Waals surface area contributed by atoms with E-state index in [0.717, 1.165) is 74.6 Å². The molecule has 3 aliphatic carbocycles. The summed E-state index contributed by atoms with van der Waals surface area (Å²) in [6, 6.07) is 50.4. The van der Waals surface area contributed by atoms with E-state index in [1.54, 1.807) is 71.9 Å². The number of carbonyl (C=O) groups is 9. The van der Waals surface area contributed by atoms with Gasteiger partial charge in [0.05, 0.1) is 41.8 Å². The maximum absolute atomic E-state index is 14.0. The molecule has 632 valence electrons. The third-order valence-electron chi connectivity index (χ3n) is 22.6. The smallest absolute Gasteiger partial charge is 0.411 e. The second-order valence-corrected chi connectivity index (χ2v) is 37.1. The highest BCUT2D eigenvalue weighted by Crippen LogP contribution is 2.43. The Labute approximate surface area is 702 Å². The topological polar surface area (TPSA) is 346 Å². The Hall–Kier alpha value is -10.1. The zero-order chi connectivity index (χ0) is 86.0. The van der Waals surface area contributed by atoms with Crippen molar-refractivity contribution in [2.75, 3.05) is 18.3 Å². The Balaban J connectivity index is 0.000000181. The number of aryl methyl sites for hydroxylation is 3. The van der Waals surface area contributed by atoms with E-state index in [2.05, 4.69) is 95.0 Å². The molecule has 3 fully saturated rings. The number of nitrogens with one attached hydrogen (secondary N) is 5. The first-order chi connectivity index (χ1) is 55.9. The number of carbonyl (C=O) groups excluding carboxylic acids is 7. The van der Waals surface area contributed by atoms with Crippen molar-refractivity contribution in [1.82, 2.24) is 36.4 Å². The van der Waals surface area contributed by atoms with E-state index in [4.69, 9.17) is 15.2 Å². The summed E-state index contributed by atoms with van der Waals surface area (Å²) in [5.41, 5.74) is 16.5. The number of hydrogen-bond donors (Lipinski definition) is 10. The molecule has 0 saturated carbocycles. The van der Waals surface area contributed by atoms with Crippen LogP contribution in [0.4, 0.5) is 4.79 Å². The van der Waals surface area contributed by atoms with Crippen LogP contribution in [0.25, 0.3) is 0 Å². The van der Waals surface area contributed by atoms with Crippen molar-refractivity contribution in [3.63, 3.8) is 0 Å². The summed E-state index contributed by atoms with van der Waals surface area (Å²) in [5, 5.41) is 55.8. The highest BCUT2D eigenvalue weighted by Gasteiger charge is 2.52. The third kappa shape index (κ3) is 24.3. The molecule has 7 aromatic carbocycles. The summed E-state index contributed by atoms with van der Waals surface area (Å²) in [6.45, 7) is 24.2. The van der Waals surface area contributed by atoms with E-state index in [1.807, 2.05) is 107 Å². The van der Waals surface area contributed by atoms with Gasteiger partial charge in [0.25, 0.3) is 17.7 Å². The predicted octanol–water partition coefficient (Wildman–Crippen LogP) is 14.0. The number of carboxylic acids is 2. The van der Waals surface area contributed by atoms with Crippen molar-refractivity contribution in [2.45, 2.75) is 237 Å². The molecule has 6 amide bonds. The van der Waals surface area contributed by atoms with E-state index >= 15 is 0 Å². The number of rotatable bonds is 18. The molecule has 3 aliphatic heterocycles. The van der Waals surface area contributed by atoms with Gasteiger partial charge in [-0.1, -0.05) is 159 Å². The predicted molar refractivity (Wildman–Crippen MR) is 461 cm³/mol. The Morgan fingerprint density at radius 3 is 1.53 bits per heavy atom. The average molecular weight is 1650 g/mol. The van der Waals surface area contributed by atoms with Crippen LogP contribution in [0.15, 0.2) is 170 Å². The van der Waals surface area contributed by atoms with E-state index in [1.165, 1.54) is 87.0 Å². The summed E-state index contributed by atoms with van der Waals surface area (Å²) >= 11 is 2.93. The molecule has 11 N–H and O–H groups in total. The summed E-state index contributed by atoms with van der Waals surface area (Å²) < 4.78 is 9.22. The number of phenolic OH excluding ortho intramolecular Hbond substituents is 1. The number of esters is 1. The number of aliphatic hydroxyl groups is 1. The van der Waals surface area contributed by atoms with E-state index in [0.29, 0.717) is 40.8 Å². The van der Waals surface area contributed by atoms with Crippen molar-refractivity contribution in [2.24, 2.45) is 17.1 Å². The summed E-state index contributed by atoms with van der Waals surface area (Å²) in [7, 11) is 0. The molecule has 0 bridgehead atoms. The zero-order valence-corrected chi connectivity index (χ0v) is 71.7. The van der Waals surface area contributed by atoms with Gasteiger partial charge >= 0.3 is 24.0 Å². The molecule has 0 unspecified atom stereocenters. The number of nitrogens with zero attached hydrogens (tertiary/aromatic N) is 2. The number of nitrogens with two attached hydrogens (primary N) is 1. The number of phenols is 1. The first-order valence-electron chi connectivity index (χ1n) is 40.7. The second-order valence-electron chi connectivity index (χ2n) is 33.9. The maximum atomic E-state index is 14.0. The fourth-order valence-corrected chi connectivity index (χ4v) is 18.2. The quantitative estimate of drug-likeness (QED) is 0.0282. The SMILES string of the molecule is CC(=O)Oc1cccc(C(=O)N[C@@H](Cc2ccccc2)[C@H](C)C(=O)O)c1C.CC(C)(C)OC(=O)N1CSC(C)(C)[C@H]1C(=O)O.CC1(C)CCN[C@@H]1C(=O)N[C@H]1CCCc2ccccc21.Cc1c(O)cccc1C(=O)N[C@@H](Cc1ccccc1)[C@H](O)C(=O)N1CSC(C)(C)[C@H]1C(=O)N[C@H]1CCCc2ccccc21.N[C@H]1CCCc2ccccc21. The Morgan fingerprint density at radius 1 is 0.576 bits per heavy atom. The van der Waals surface area contributed by atoms with Gasteiger partial charge in [-0.3, -0.25) is 38.5 Å². The van der Waals surface area contributed by atoms with Crippen LogP contribution >= 0.6 is 23.5 Å². The number of hydrogen-bond acceptors (Lipinski definition) is 17. The lowest BCUT2D eigenvalue weighted by atomic mass is 9.83. The van der Waals surface area contributed by atoms with Gasteiger partial charge in [0.15, 0.2) is 6.10 Å². The standard InChI is InChI=1S/C34H39N3O5S.C21H23NO5.C17H24N2O.C11H19NO4S.C10H13N/c1-21-24(16-10-18-28(21)38)31(40)36-27(19-22-11-5-4-6-12-22)29(39)33(42)37-20-43-34(2,3)30(37)32(41)35-26-17-9-14-23-13-7-8-15-25(23)26;1-13-17(10-7-11-19(13)27-15(3)23)20(24)22-18(14(2)21(25)26)12-16-8-5-4-6-9-16;1-17(2)10-11-18-15(17)16(20)19-14-9-5-7-12-6-3-4-8-13(12)14;1-10(2,3)16-9(15)12-6-17-11(4,5)7(12)8(13)14;11-10-7-3-5-8-4-1-2-6-9(8)10/h4-8,10-13,15-16,18,26-27,29-30,38-39H,9,14,17,19-20H2,1-3H3,(H,35,41)(H,36,40);4-11,14,18H,12H2,1-3H3,(H,22,24)(H,25,26);3-4,6,8,14-15,18H,5,7,9-11H2,1-2H3,(H,19,20);7H,6H2,1-5H3,(H,13,14);1-2,4,6,10H,3,5,7,11H2/t26-,27-,29-,30+;14-,18-;14-,15+;7-;10-/m00010/s1. The van der Waals surface area contributed by atoms with E-state index < -0.39 is 93.0 Å². The van der Waals surface area contributed by atoms with Crippen molar-refractivity contribution in [1.29, 1.82) is 0 Å². The van der Waals surface area contributed by atoms with E-state index in [9.17, 15) is 63.6 Å². The number of carboxylic acid groups (broad SMARTS) is 2. The van der Waals surface area contributed by atoms with Crippen LogP contribution in [0.1, 0.15) is 216 Å². The Morgan fingerprint density at radius 2 is 1.03 bits per heavy atom. The van der Waals surface area contributed by atoms with Gasteiger partial charge in [-0.15, -0.1) is 23.5 Å². The molecule has 7 aromatic rings. The fourth-order valence-electron chi connectivity index (χ4n) is 15.9. The van der Waals surface area contributed by atoms with Gasteiger partial charge < -0.3 is 67.1 Å². The van der Waals surface area contributed by atoms with E-state index in [-0.39, 0.29) is 59.0 Å². The van der Waals surface area contributed by atoms with Gasteiger partial charge in [-0.2, -0.15) is 0 Å². The van der Waals surface area contributed by atoms with Gasteiger partial charge in [-0.05, 0) is 227 Å². The average Bonchev–Trinajstić information content (AvgIpc) is 1.52. The van der Waals surface area contributed by atoms with Crippen molar-refractivity contribution in [3.8, 4) is 11.5 Å². The highest BCUT2D eigenvalue weighted by molar-refractivity contribution is 8.01. The number of benzene rings is 7. The molecular weight excluding hydrogens is 1530 g/mol.